The second kappa shape index (κ2) is 9.94. The van der Waals surface area contributed by atoms with E-state index in [0.717, 1.165) is 11.1 Å². The quantitative estimate of drug-likeness (QED) is 0.533. The van der Waals surface area contributed by atoms with Gasteiger partial charge in [0.15, 0.2) is 6.61 Å². The van der Waals surface area contributed by atoms with Crippen molar-refractivity contribution in [3.63, 3.8) is 0 Å². The number of hydrogen-bond acceptors (Lipinski definition) is 4. The van der Waals surface area contributed by atoms with Gasteiger partial charge in [0.25, 0.3) is 5.91 Å². The van der Waals surface area contributed by atoms with Gasteiger partial charge in [0.1, 0.15) is 11.4 Å². The van der Waals surface area contributed by atoms with Crippen molar-refractivity contribution >= 4 is 17.6 Å². The number of esters is 1. The summed E-state index contributed by atoms with van der Waals surface area (Å²) in [6.07, 6.45) is 0.0789. The summed E-state index contributed by atoms with van der Waals surface area (Å²) >= 11 is 0. The topological polar surface area (TPSA) is 64.6 Å². The van der Waals surface area contributed by atoms with Crippen LogP contribution in [-0.4, -0.2) is 24.1 Å². The van der Waals surface area contributed by atoms with Crippen LogP contribution in [0.1, 0.15) is 26.3 Å². The third-order valence-corrected chi connectivity index (χ3v) is 4.38. The van der Waals surface area contributed by atoms with E-state index in [4.69, 9.17) is 9.47 Å². The molecular weight excluding hydrogens is 390 g/mol. The van der Waals surface area contributed by atoms with Gasteiger partial charge in [0, 0.05) is 5.69 Å². The van der Waals surface area contributed by atoms with E-state index in [0.29, 0.717) is 17.0 Å². The molecule has 0 radical (unpaired) electrons. The maximum atomic E-state index is 12.4. The molecule has 0 spiro atoms. The summed E-state index contributed by atoms with van der Waals surface area (Å²) in [5.41, 5.74) is 2.90. The molecule has 0 saturated heterocycles. The van der Waals surface area contributed by atoms with Gasteiger partial charge >= 0.3 is 5.97 Å². The predicted octanol–water partition coefficient (Wildman–Crippen LogP) is 5.26. The van der Waals surface area contributed by atoms with Crippen molar-refractivity contribution in [2.45, 2.75) is 32.8 Å². The average Bonchev–Trinajstić information content (AvgIpc) is 2.73. The minimum Gasteiger partial charge on any atom is -0.484 e. The maximum Gasteiger partial charge on any atom is 0.310 e. The van der Waals surface area contributed by atoms with Crippen LogP contribution in [0.3, 0.4) is 0 Å². The smallest absolute Gasteiger partial charge is 0.310 e. The molecule has 0 saturated carbocycles. The van der Waals surface area contributed by atoms with E-state index >= 15 is 0 Å². The van der Waals surface area contributed by atoms with Crippen LogP contribution in [0.5, 0.6) is 5.75 Å². The number of carbonyl (C=O) groups excluding carboxylic acids is 2. The Morgan fingerprint density at radius 2 is 1.42 bits per heavy atom. The normalized spacial score (nSPS) is 10.9. The molecule has 0 atom stereocenters. The average molecular weight is 418 g/mol. The molecular formula is C26H27NO4. The van der Waals surface area contributed by atoms with Crippen LogP contribution >= 0.6 is 0 Å². The summed E-state index contributed by atoms with van der Waals surface area (Å²) in [6.45, 7) is 5.33. The molecule has 3 rings (SSSR count). The number of rotatable bonds is 7. The lowest BCUT2D eigenvalue weighted by Crippen LogP contribution is -2.25. The Balaban J connectivity index is 1.56. The van der Waals surface area contributed by atoms with Crippen molar-refractivity contribution in [3.8, 4) is 16.9 Å². The van der Waals surface area contributed by atoms with E-state index in [-0.39, 0.29) is 24.9 Å². The van der Waals surface area contributed by atoms with Gasteiger partial charge in [-0.2, -0.15) is 0 Å². The highest BCUT2D eigenvalue weighted by molar-refractivity contribution is 5.93. The van der Waals surface area contributed by atoms with Crippen molar-refractivity contribution < 1.29 is 19.1 Å². The van der Waals surface area contributed by atoms with Crippen molar-refractivity contribution in [1.82, 2.24) is 0 Å². The van der Waals surface area contributed by atoms with Crippen LogP contribution in [0.15, 0.2) is 78.9 Å². The molecule has 5 heteroatoms. The lowest BCUT2D eigenvalue weighted by molar-refractivity contribution is -0.153. The molecule has 0 aliphatic heterocycles. The van der Waals surface area contributed by atoms with Crippen molar-refractivity contribution in [1.29, 1.82) is 0 Å². The molecule has 31 heavy (non-hydrogen) atoms. The summed E-state index contributed by atoms with van der Waals surface area (Å²) in [7, 11) is 0. The highest BCUT2D eigenvalue weighted by Crippen LogP contribution is 2.22. The molecule has 1 amide bonds. The summed E-state index contributed by atoms with van der Waals surface area (Å²) in [5, 5.41) is 2.81. The van der Waals surface area contributed by atoms with Gasteiger partial charge in [-0.05, 0) is 55.7 Å². The monoisotopic (exact) mass is 417 g/mol. The summed E-state index contributed by atoms with van der Waals surface area (Å²) in [4.78, 5) is 24.5. The molecule has 3 aromatic rings. The lowest BCUT2D eigenvalue weighted by Gasteiger charge is -2.20. The van der Waals surface area contributed by atoms with Gasteiger partial charge in [-0.1, -0.05) is 60.7 Å². The number of amides is 1. The highest BCUT2D eigenvalue weighted by atomic mass is 16.6. The molecule has 0 bridgehead atoms. The molecule has 0 aliphatic rings. The fourth-order valence-corrected chi connectivity index (χ4v) is 3.04. The predicted molar refractivity (Wildman–Crippen MR) is 122 cm³/mol. The third kappa shape index (κ3) is 7.00. The molecule has 160 valence electrons. The molecule has 0 heterocycles. The van der Waals surface area contributed by atoms with Crippen LogP contribution in [0.2, 0.25) is 0 Å². The molecule has 3 aromatic carbocycles. The first-order valence-corrected chi connectivity index (χ1v) is 10.2. The first-order valence-electron chi connectivity index (χ1n) is 10.2. The Morgan fingerprint density at radius 1 is 0.806 bits per heavy atom. The number of nitrogens with one attached hydrogen (secondary N) is 1. The minimum absolute atomic E-state index is 0.0789. The third-order valence-electron chi connectivity index (χ3n) is 4.38. The van der Waals surface area contributed by atoms with Gasteiger partial charge in [-0.25, -0.2) is 0 Å². The molecule has 1 N–H and O–H groups in total. The van der Waals surface area contributed by atoms with Crippen LogP contribution < -0.4 is 10.1 Å². The highest BCUT2D eigenvalue weighted by Gasteiger charge is 2.18. The van der Waals surface area contributed by atoms with Crippen molar-refractivity contribution in [2.24, 2.45) is 0 Å². The van der Waals surface area contributed by atoms with Crippen LogP contribution in [-0.2, 0) is 20.7 Å². The largest absolute Gasteiger partial charge is 0.484 e. The zero-order valence-corrected chi connectivity index (χ0v) is 18.1. The Hall–Kier alpha value is -3.60. The second-order valence-electron chi connectivity index (χ2n) is 8.15. The molecule has 5 nitrogen and oxygen atoms in total. The molecule has 0 aliphatic carbocycles. The SMILES string of the molecule is CC(C)(C)OC(=O)Cc1ccccc1NC(=O)COc1ccc(-c2ccccc2)cc1. The molecule has 0 unspecified atom stereocenters. The van der Waals surface area contributed by atoms with Crippen LogP contribution in [0.25, 0.3) is 11.1 Å². The number of anilines is 1. The molecule has 0 fully saturated rings. The zero-order valence-electron chi connectivity index (χ0n) is 18.1. The van der Waals surface area contributed by atoms with E-state index in [9.17, 15) is 9.59 Å². The van der Waals surface area contributed by atoms with Gasteiger partial charge < -0.3 is 14.8 Å². The summed E-state index contributed by atoms with van der Waals surface area (Å²) < 4.78 is 11.0. The summed E-state index contributed by atoms with van der Waals surface area (Å²) in [5.74, 6) is -0.0374. The Labute approximate surface area is 183 Å². The Bertz CT molecular complexity index is 1020. The fourth-order valence-electron chi connectivity index (χ4n) is 3.04. The van der Waals surface area contributed by atoms with Crippen LogP contribution in [0, 0.1) is 0 Å². The van der Waals surface area contributed by atoms with Crippen molar-refractivity contribution in [3.05, 3.63) is 84.4 Å². The Kier molecular flexibility index (Phi) is 7.08. The van der Waals surface area contributed by atoms with E-state index in [1.807, 2.05) is 81.4 Å². The number of para-hydroxylation sites is 1. The number of carbonyl (C=O) groups is 2. The van der Waals surface area contributed by atoms with Crippen LogP contribution in [0.4, 0.5) is 5.69 Å². The lowest BCUT2D eigenvalue weighted by atomic mass is 10.1. The first-order chi connectivity index (χ1) is 14.8. The first kappa shape index (κ1) is 22.1. The number of hydrogen-bond donors (Lipinski definition) is 1. The van der Waals surface area contributed by atoms with E-state index in [1.165, 1.54) is 0 Å². The van der Waals surface area contributed by atoms with Gasteiger partial charge in [0.05, 0.1) is 6.42 Å². The maximum absolute atomic E-state index is 12.4. The van der Waals surface area contributed by atoms with Gasteiger partial charge in [0.2, 0.25) is 0 Å². The van der Waals surface area contributed by atoms with Crippen molar-refractivity contribution in [2.75, 3.05) is 11.9 Å². The second-order valence-corrected chi connectivity index (χ2v) is 8.15. The number of benzene rings is 3. The zero-order chi connectivity index (χ0) is 22.3. The van der Waals surface area contributed by atoms with E-state index < -0.39 is 5.60 Å². The fraction of sp³-hybridized carbons (Fsp3) is 0.231. The Morgan fingerprint density at radius 3 is 2.10 bits per heavy atom. The number of ether oxygens (including phenoxy) is 2. The standard InChI is InChI=1S/C26H27NO4/c1-26(2,3)31-25(29)17-21-11-7-8-12-23(21)27-24(28)18-30-22-15-13-20(14-16-22)19-9-5-4-6-10-19/h4-16H,17-18H2,1-3H3,(H,27,28). The van der Waals surface area contributed by atoms with Gasteiger partial charge in [-0.3, -0.25) is 9.59 Å². The minimum atomic E-state index is -0.556. The van der Waals surface area contributed by atoms with Gasteiger partial charge in [-0.15, -0.1) is 0 Å². The summed E-state index contributed by atoms with van der Waals surface area (Å²) in [6, 6.07) is 24.8. The molecule has 0 aromatic heterocycles. The van der Waals surface area contributed by atoms with E-state index in [2.05, 4.69) is 5.32 Å². The van der Waals surface area contributed by atoms with E-state index in [1.54, 1.807) is 18.2 Å².